The highest BCUT2D eigenvalue weighted by molar-refractivity contribution is 5.96. The molecule has 0 saturated heterocycles. The highest BCUT2D eigenvalue weighted by atomic mass is 16.3. The molecule has 0 aliphatic carbocycles. The Bertz CT molecular complexity index is 1090. The van der Waals surface area contributed by atoms with Crippen molar-refractivity contribution in [2.24, 2.45) is 0 Å². The molecule has 146 valence electrons. The smallest absolute Gasteiger partial charge is 0.287 e. The molecule has 8 nitrogen and oxygen atoms in total. The Morgan fingerprint density at radius 3 is 2.59 bits per heavy atom. The number of furan rings is 1. The van der Waals surface area contributed by atoms with Gasteiger partial charge in [0.05, 0.1) is 0 Å². The molecular formula is C21H20N6O2. The third-order valence-electron chi connectivity index (χ3n) is 4.20. The number of carbonyl (C=O) groups is 1. The largest absolute Gasteiger partial charge is 0.451 e. The van der Waals surface area contributed by atoms with E-state index in [0.29, 0.717) is 41.9 Å². The number of nitrogens with one attached hydrogen (secondary N) is 3. The molecule has 0 bridgehead atoms. The SMILES string of the molecule is Cc1ccnc(Nc2ccc(NCCNC(=O)c3cc4ccccc4o3)nn2)c1. The summed E-state index contributed by atoms with van der Waals surface area (Å²) in [6.45, 7) is 2.93. The van der Waals surface area contributed by atoms with Crippen molar-refractivity contribution >= 4 is 34.3 Å². The lowest BCUT2D eigenvalue weighted by molar-refractivity contribution is 0.0929. The van der Waals surface area contributed by atoms with Crippen LogP contribution in [0.4, 0.5) is 17.5 Å². The van der Waals surface area contributed by atoms with E-state index in [-0.39, 0.29) is 5.91 Å². The van der Waals surface area contributed by atoms with Gasteiger partial charge in [-0.3, -0.25) is 4.79 Å². The van der Waals surface area contributed by atoms with Gasteiger partial charge in [-0.15, -0.1) is 10.2 Å². The van der Waals surface area contributed by atoms with E-state index in [2.05, 4.69) is 31.1 Å². The average Bonchev–Trinajstić information content (AvgIpc) is 3.17. The van der Waals surface area contributed by atoms with Crippen LogP contribution in [0.2, 0.25) is 0 Å². The molecule has 0 atom stereocenters. The molecular weight excluding hydrogens is 368 g/mol. The second-order valence-electron chi connectivity index (χ2n) is 6.48. The normalized spacial score (nSPS) is 10.7. The van der Waals surface area contributed by atoms with Gasteiger partial charge in [-0.2, -0.15) is 0 Å². The van der Waals surface area contributed by atoms with Gasteiger partial charge in [0, 0.05) is 24.7 Å². The zero-order valence-electron chi connectivity index (χ0n) is 15.8. The number of amides is 1. The summed E-state index contributed by atoms with van der Waals surface area (Å²) in [4.78, 5) is 16.4. The summed E-state index contributed by atoms with van der Waals surface area (Å²) in [6.07, 6.45) is 1.74. The highest BCUT2D eigenvalue weighted by Gasteiger charge is 2.11. The number of benzene rings is 1. The van der Waals surface area contributed by atoms with Crippen molar-refractivity contribution in [3.8, 4) is 0 Å². The second-order valence-corrected chi connectivity index (χ2v) is 6.48. The molecule has 3 heterocycles. The monoisotopic (exact) mass is 388 g/mol. The number of pyridine rings is 1. The first-order chi connectivity index (χ1) is 14.2. The molecule has 3 N–H and O–H groups in total. The molecule has 0 aliphatic rings. The van der Waals surface area contributed by atoms with Gasteiger partial charge in [-0.05, 0) is 48.9 Å². The first-order valence-electron chi connectivity index (χ1n) is 9.21. The molecule has 3 aromatic heterocycles. The summed E-state index contributed by atoms with van der Waals surface area (Å²) in [5.41, 5.74) is 1.80. The van der Waals surface area contributed by atoms with Crippen molar-refractivity contribution in [2.45, 2.75) is 6.92 Å². The number of hydrogen-bond acceptors (Lipinski definition) is 7. The fourth-order valence-corrected chi connectivity index (χ4v) is 2.78. The third kappa shape index (κ3) is 4.67. The summed E-state index contributed by atoms with van der Waals surface area (Å²) < 4.78 is 5.55. The van der Waals surface area contributed by atoms with E-state index in [0.717, 1.165) is 10.9 Å². The van der Waals surface area contributed by atoms with Crippen molar-refractivity contribution < 1.29 is 9.21 Å². The maximum atomic E-state index is 12.2. The van der Waals surface area contributed by atoms with Crippen LogP contribution in [0.25, 0.3) is 11.0 Å². The summed E-state index contributed by atoms with van der Waals surface area (Å²) >= 11 is 0. The first kappa shape index (κ1) is 18.4. The van der Waals surface area contributed by atoms with Crippen molar-refractivity contribution in [2.75, 3.05) is 23.7 Å². The Hall–Kier alpha value is -3.94. The Morgan fingerprint density at radius 2 is 1.79 bits per heavy atom. The average molecular weight is 388 g/mol. The molecule has 8 heteroatoms. The van der Waals surface area contributed by atoms with Gasteiger partial charge >= 0.3 is 0 Å². The van der Waals surface area contributed by atoms with Gasteiger partial charge in [0.25, 0.3) is 5.91 Å². The van der Waals surface area contributed by atoms with Crippen molar-refractivity contribution in [3.05, 3.63) is 72.1 Å². The maximum absolute atomic E-state index is 12.2. The number of aromatic nitrogens is 3. The van der Waals surface area contributed by atoms with Crippen molar-refractivity contribution in [1.29, 1.82) is 0 Å². The number of aryl methyl sites for hydroxylation is 1. The van der Waals surface area contributed by atoms with E-state index in [9.17, 15) is 4.79 Å². The Labute approximate surface area is 167 Å². The minimum atomic E-state index is -0.251. The first-order valence-corrected chi connectivity index (χ1v) is 9.21. The number of fused-ring (bicyclic) bond motifs is 1. The van der Waals surface area contributed by atoms with Crippen LogP contribution in [0, 0.1) is 6.92 Å². The van der Waals surface area contributed by atoms with E-state index in [1.807, 2.05) is 55.5 Å². The molecule has 0 unspecified atom stereocenters. The van der Waals surface area contributed by atoms with Crippen molar-refractivity contribution in [1.82, 2.24) is 20.5 Å². The van der Waals surface area contributed by atoms with Gasteiger partial charge < -0.3 is 20.4 Å². The van der Waals surface area contributed by atoms with Crippen LogP contribution in [0.3, 0.4) is 0 Å². The van der Waals surface area contributed by atoms with Crippen molar-refractivity contribution in [3.63, 3.8) is 0 Å². The van der Waals surface area contributed by atoms with Gasteiger partial charge in [0.1, 0.15) is 17.2 Å². The van der Waals surface area contributed by atoms with E-state index < -0.39 is 0 Å². The van der Waals surface area contributed by atoms with Crippen LogP contribution in [0.5, 0.6) is 0 Å². The number of nitrogens with zero attached hydrogens (tertiary/aromatic N) is 3. The summed E-state index contributed by atoms with van der Waals surface area (Å²) in [6, 6.07) is 16.7. The van der Waals surface area contributed by atoms with Gasteiger partial charge in [-0.25, -0.2) is 4.98 Å². The maximum Gasteiger partial charge on any atom is 0.287 e. The molecule has 4 aromatic rings. The molecule has 0 spiro atoms. The zero-order chi connectivity index (χ0) is 20.1. The van der Waals surface area contributed by atoms with Crippen LogP contribution in [-0.4, -0.2) is 34.2 Å². The number of rotatable bonds is 7. The molecule has 0 fully saturated rings. The third-order valence-corrected chi connectivity index (χ3v) is 4.20. The molecule has 1 amide bonds. The quantitative estimate of drug-likeness (QED) is 0.416. The van der Waals surface area contributed by atoms with Crippen LogP contribution in [0.1, 0.15) is 16.1 Å². The standard InChI is InChI=1S/C21H20N6O2/c1-14-8-9-22-20(12-14)25-19-7-6-18(26-27-19)23-10-11-24-21(28)17-13-15-4-2-3-5-16(15)29-17/h2-9,12-13H,10-11H2,1H3,(H,23,26)(H,24,28)(H,22,25,27). The Morgan fingerprint density at radius 1 is 0.966 bits per heavy atom. The van der Waals surface area contributed by atoms with E-state index in [4.69, 9.17) is 4.42 Å². The Kier molecular flexibility index (Phi) is 5.33. The molecule has 0 radical (unpaired) electrons. The summed E-state index contributed by atoms with van der Waals surface area (Å²) in [5, 5.41) is 18.2. The Balaban J connectivity index is 1.24. The molecule has 29 heavy (non-hydrogen) atoms. The highest BCUT2D eigenvalue weighted by Crippen LogP contribution is 2.18. The van der Waals surface area contributed by atoms with E-state index in [1.165, 1.54) is 0 Å². The lowest BCUT2D eigenvalue weighted by atomic mass is 10.2. The van der Waals surface area contributed by atoms with Gasteiger partial charge in [0.15, 0.2) is 11.6 Å². The minimum absolute atomic E-state index is 0.251. The van der Waals surface area contributed by atoms with Gasteiger partial charge in [-0.1, -0.05) is 18.2 Å². The summed E-state index contributed by atoms with van der Waals surface area (Å²) in [7, 11) is 0. The molecule has 0 aliphatic heterocycles. The number of hydrogen-bond donors (Lipinski definition) is 3. The number of carbonyl (C=O) groups excluding carboxylic acids is 1. The minimum Gasteiger partial charge on any atom is -0.451 e. The number of anilines is 3. The van der Waals surface area contributed by atoms with Crippen LogP contribution in [-0.2, 0) is 0 Å². The summed E-state index contributed by atoms with van der Waals surface area (Å²) in [5.74, 6) is 1.98. The molecule has 0 saturated carbocycles. The van der Waals surface area contributed by atoms with Crippen LogP contribution in [0.15, 0.2) is 65.2 Å². The fourth-order valence-electron chi connectivity index (χ4n) is 2.78. The number of para-hydroxylation sites is 1. The predicted molar refractivity (Wildman–Crippen MR) is 111 cm³/mol. The lowest BCUT2D eigenvalue weighted by Crippen LogP contribution is -2.28. The second kappa shape index (κ2) is 8.39. The molecule has 4 rings (SSSR count). The topological polar surface area (TPSA) is 105 Å². The lowest BCUT2D eigenvalue weighted by Gasteiger charge is -2.07. The predicted octanol–water partition coefficient (Wildman–Crippen LogP) is 3.51. The fraction of sp³-hybridized carbons (Fsp3) is 0.143. The van der Waals surface area contributed by atoms with Gasteiger partial charge in [0.2, 0.25) is 0 Å². The molecule has 1 aromatic carbocycles. The zero-order valence-corrected chi connectivity index (χ0v) is 15.8. The van der Waals surface area contributed by atoms with Crippen LogP contribution >= 0.6 is 0 Å². The van der Waals surface area contributed by atoms with Crippen LogP contribution < -0.4 is 16.0 Å². The van der Waals surface area contributed by atoms with E-state index >= 15 is 0 Å². The van der Waals surface area contributed by atoms with E-state index in [1.54, 1.807) is 12.3 Å².